The van der Waals surface area contributed by atoms with Crippen molar-refractivity contribution < 1.29 is 19.1 Å². The van der Waals surface area contributed by atoms with Gasteiger partial charge < -0.3 is 10.1 Å². The molecule has 2 aliphatic heterocycles. The van der Waals surface area contributed by atoms with E-state index in [0.717, 1.165) is 17.7 Å². The number of hydrogen-bond donors (Lipinski definition) is 1. The second kappa shape index (κ2) is 7.01. The zero-order valence-corrected chi connectivity index (χ0v) is 14.9. The molecule has 0 aliphatic carbocycles. The highest BCUT2D eigenvalue weighted by Crippen LogP contribution is 2.26. The summed E-state index contributed by atoms with van der Waals surface area (Å²) in [5.74, 6) is -0.932. The van der Waals surface area contributed by atoms with Crippen molar-refractivity contribution in [2.75, 3.05) is 13.2 Å². The Labute approximate surface area is 154 Å². The topological polar surface area (TPSA) is 75.7 Å². The molecule has 7 heteroatoms. The van der Waals surface area contributed by atoms with Gasteiger partial charge in [-0.2, -0.15) is 0 Å². The highest BCUT2D eigenvalue weighted by molar-refractivity contribution is 7.09. The van der Waals surface area contributed by atoms with E-state index in [-0.39, 0.29) is 35.9 Å². The third kappa shape index (κ3) is 3.15. The van der Waals surface area contributed by atoms with Gasteiger partial charge in [0.1, 0.15) is 0 Å². The number of carbonyl (C=O) groups is 3. The smallest absolute Gasteiger partial charge is 0.261 e. The molecule has 1 fully saturated rings. The lowest BCUT2D eigenvalue weighted by Crippen LogP contribution is -2.36. The summed E-state index contributed by atoms with van der Waals surface area (Å²) in [4.78, 5) is 39.8. The van der Waals surface area contributed by atoms with Crippen molar-refractivity contribution in [3.05, 3.63) is 57.3 Å². The van der Waals surface area contributed by atoms with Crippen LogP contribution in [0.5, 0.6) is 0 Å². The Kier molecular flexibility index (Phi) is 4.57. The third-order valence-corrected chi connectivity index (χ3v) is 5.52. The van der Waals surface area contributed by atoms with Gasteiger partial charge in [0, 0.05) is 17.0 Å². The number of hydrogen-bond acceptors (Lipinski definition) is 5. The second-order valence-electron chi connectivity index (χ2n) is 6.38. The first-order valence-electron chi connectivity index (χ1n) is 8.56. The van der Waals surface area contributed by atoms with E-state index in [1.165, 1.54) is 11.0 Å². The van der Waals surface area contributed by atoms with Crippen LogP contribution in [0.2, 0.25) is 0 Å². The number of amides is 3. The first kappa shape index (κ1) is 16.9. The molecular weight excluding hydrogens is 352 g/mol. The fourth-order valence-corrected chi connectivity index (χ4v) is 3.92. The molecule has 1 N–H and O–H groups in total. The van der Waals surface area contributed by atoms with Gasteiger partial charge in [0.15, 0.2) is 0 Å². The highest BCUT2D eigenvalue weighted by Gasteiger charge is 2.37. The van der Waals surface area contributed by atoms with Crippen LogP contribution in [0.1, 0.15) is 48.8 Å². The second-order valence-corrected chi connectivity index (χ2v) is 7.41. The lowest BCUT2D eigenvalue weighted by molar-refractivity contribution is 0.0475. The number of benzene rings is 1. The monoisotopic (exact) mass is 370 g/mol. The number of imide groups is 1. The fraction of sp³-hybridized carbons (Fsp3) is 0.316. The summed E-state index contributed by atoms with van der Waals surface area (Å²) in [5.41, 5.74) is 1.01. The number of ether oxygens (including phenoxy) is 1. The molecule has 1 saturated heterocycles. The molecule has 2 aromatic rings. The van der Waals surface area contributed by atoms with Crippen LogP contribution < -0.4 is 5.32 Å². The molecule has 3 amide bonds. The van der Waals surface area contributed by atoms with E-state index in [9.17, 15) is 14.4 Å². The summed E-state index contributed by atoms with van der Waals surface area (Å²) in [6.45, 7) is 1.38. The van der Waals surface area contributed by atoms with Crippen molar-refractivity contribution in [1.82, 2.24) is 10.2 Å². The Balaban J connectivity index is 1.48. The van der Waals surface area contributed by atoms with E-state index in [4.69, 9.17) is 4.74 Å². The number of rotatable bonds is 5. The molecule has 0 bridgehead atoms. The van der Waals surface area contributed by atoms with Crippen molar-refractivity contribution in [3.63, 3.8) is 0 Å². The molecule has 1 atom stereocenters. The minimum Gasteiger partial charge on any atom is -0.376 e. The van der Waals surface area contributed by atoms with Gasteiger partial charge in [-0.05, 0) is 42.5 Å². The lowest BCUT2D eigenvalue weighted by Gasteiger charge is -2.17. The molecule has 1 unspecified atom stereocenters. The molecule has 0 spiro atoms. The SMILES string of the molecule is O=C(NCc1cccs1)c1ccc2c(c1)C(=O)N(CC1CCCO1)C2=O. The van der Waals surface area contributed by atoms with E-state index in [1.807, 2.05) is 17.5 Å². The Hall–Kier alpha value is -2.51. The normalized spacial score (nSPS) is 19.1. The van der Waals surface area contributed by atoms with E-state index in [0.29, 0.717) is 24.3 Å². The highest BCUT2D eigenvalue weighted by atomic mass is 32.1. The predicted molar refractivity (Wildman–Crippen MR) is 96.3 cm³/mol. The first-order chi connectivity index (χ1) is 12.6. The van der Waals surface area contributed by atoms with E-state index in [2.05, 4.69) is 5.32 Å². The first-order valence-corrected chi connectivity index (χ1v) is 9.44. The van der Waals surface area contributed by atoms with Gasteiger partial charge in [0.2, 0.25) is 0 Å². The summed E-state index contributed by atoms with van der Waals surface area (Å²) >= 11 is 1.56. The fourth-order valence-electron chi connectivity index (χ4n) is 3.27. The molecule has 1 aromatic heterocycles. The Morgan fingerprint density at radius 2 is 2.08 bits per heavy atom. The molecule has 6 nitrogen and oxygen atoms in total. The summed E-state index contributed by atoms with van der Waals surface area (Å²) in [7, 11) is 0. The molecule has 0 saturated carbocycles. The van der Waals surface area contributed by atoms with Crippen LogP contribution in [0.25, 0.3) is 0 Å². The van der Waals surface area contributed by atoms with E-state index in [1.54, 1.807) is 23.5 Å². The van der Waals surface area contributed by atoms with Gasteiger partial charge in [0.05, 0.1) is 30.3 Å². The van der Waals surface area contributed by atoms with Gasteiger partial charge >= 0.3 is 0 Å². The molecule has 2 aliphatic rings. The van der Waals surface area contributed by atoms with Crippen LogP contribution in [-0.2, 0) is 11.3 Å². The largest absolute Gasteiger partial charge is 0.376 e. The van der Waals surface area contributed by atoms with E-state index >= 15 is 0 Å². The minimum absolute atomic E-state index is 0.0919. The number of thiophene rings is 1. The van der Waals surface area contributed by atoms with Crippen molar-refractivity contribution in [2.45, 2.75) is 25.5 Å². The summed E-state index contributed by atoms with van der Waals surface area (Å²) in [6.07, 6.45) is 1.71. The van der Waals surface area contributed by atoms with Crippen LogP contribution in [0, 0.1) is 0 Å². The van der Waals surface area contributed by atoms with Crippen molar-refractivity contribution in [3.8, 4) is 0 Å². The molecule has 1 aromatic carbocycles. The van der Waals surface area contributed by atoms with Gasteiger partial charge in [-0.3, -0.25) is 19.3 Å². The van der Waals surface area contributed by atoms with Crippen molar-refractivity contribution in [2.24, 2.45) is 0 Å². The van der Waals surface area contributed by atoms with Gasteiger partial charge in [-0.15, -0.1) is 11.3 Å². The Bertz CT molecular complexity index is 856. The van der Waals surface area contributed by atoms with Gasteiger partial charge in [-0.25, -0.2) is 0 Å². The summed E-state index contributed by atoms with van der Waals surface area (Å²) < 4.78 is 5.53. The Morgan fingerprint density at radius 3 is 2.81 bits per heavy atom. The van der Waals surface area contributed by atoms with Gasteiger partial charge in [-0.1, -0.05) is 6.07 Å². The van der Waals surface area contributed by atoms with Crippen LogP contribution in [-0.4, -0.2) is 41.9 Å². The molecule has 134 valence electrons. The maximum Gasteiger partial charge on any atom is 0.261 e. The molecule has 0 radical (unpaired) electrons. The minimum atomic E-state index is -0.353. The molecule has 4 rings (SSSR count). The van der Waals surface area contributed by atoms with Crippen LogP contribution >= 0.6 is 11.3 Å². The van der Waals surface area contributed by atoms with Crippen LogP contribution in [0.3, 0.4) is 0 Å². The predicted octanol–water partition coefficient (Wildman–Crippen LogP) is 2.45. The number of nitrogens with one attached hydrogen (secondary N) is 1. The number of fused-ring (bicyclic) bond motifs is 1. The number of nitrogens with zero attached hydrogens (tertiary/aromatic N) is 1. The van der Waals surface area contributed by atoms with E-state index < -0.39 is 0 Å². The maximum atomic E-state index is 12.6. The Morgan fingerprint density at radius 1 is 1.23 bits per heavy atom. The summed E-state index contributed by atoms with van der Waals surface area (Å²) in [6, 6.07) is 8.52. The number of carbonyl (C=O) groups excluding carboxylic acids is 3. The molecule has 3 heterocycles. The zero-order valence-electron chi connectivity index (χ0n) is 14.1. The third-order valence-electron chi connectivity index (χ3n) is 4.65. The molecule has 26 heavy (non-hydrogen) atoms. The standard InChI is InChI=1S/C19H18N2O4S/c22-17(20-10-14-4-2-8-26-14)12-5-6-15-16(9-12)19(24)21(18(15)23)11-13-3-1-7-25-13/h2,4-6,8-9,13H,1,3,7,10-11H2,(H,20,22). The average molecular weight is 370 g/mol. The van der Waals surface area contributed by atoms with Crippen molar-refractivity contribution in [1.29, 1.82) is 0 Å². The van der Waals surface area contributed by atoms with Crippen LogP contribution in [0.4, 0.5) is 0 Å². The quantitative estimate of drug-likeness (QED) is 0.821. The lowest BCUT2D eigenvalue weighted by atomic mass is 10.1. The average Bonchev–Trinajstić information content (AvgIpc) is 3.39. The summed E-state index contributed by atoms with van der Waals surface area (Å²) in [5, 5.41) is 4.78. The van der Waals surface area contributed by atoms with Crippen LogP contribution in [0.15, 0.2) is 35.7 Å². The molecular formula is C19H18N2O4S. The van der Waals surface area contributed by atoms with Crippen molar-refractivity contribution >= 4 is 29.1 Å². The van der Waals surface area contributed by atoms with Gasteiger partial charge in [0.25, 0.3) is 17.7 Å². The maximum absolute atomic E-state index is 12.6. The zero-order chi connectivity index (χ0) is 18.1.